The number of nitrogens with one attached hydrogen (secondary N) is 1. The first-order chi connectivity index (χ1) is 12.3. The summed E-state index contributed by atoms with van der Waals surface area (Å²) >= 11 is 3.27. The van der Waals surface area contributed by atoms with E-state index in [-0.39, 0.29) is 10.6 Å². The molecule has 0 fully saturated rings. The fourth-order valence-corrected chi connectivity index (χ4v) is 3.62. The molecule has 0 saturated heterocycles. The Hall–Kier alpha value is -2.72. The van der Waals surface area contributed by atoms with Crippen molar-refractivity contribution in [3.05, 3.63) is 70.7 Å². The van der Waals surface area contributed by atoms with Crippen LogP contribution in [-0.4, -0.2) is 29.3 Å². The average molecular weight is 440 g/mol. The molecule has 0 atom stereocenters. The van der Waals surface area contributed by atoms with Crippen LogP contribution in [0.15, 0.2) is 64.2 Å². The predicted octanol–water partition coefficient (Wildman–Crippen LogP) is 3.27. The smallest absolute Gasteiger partial charge is 0.338 e. The Kier molecular flexibility index (Phi) is 4.79. The van der Waals surface area contributed by atoms with E-state index in [2.05, 4.69) is 25.8 Å². The quantitative estimate of drug-likeness (QED) is 0.634. The van der Waals surface area contributed by atoms with Crippen LogP contribution in [0, 0.1) is 5.82 Å². The van der Waals surface area contributed by atoms with Crippen molar-refractivity contribution in [1.29, 1.82) is 0 Å². The van der Waals surface area contributed by atoms with Crippen LogP contribution in [0.2, 0.25) is 0 Å². The van der Waals surface area contributed by atoms with E-state index >= 15 is 0 Å². The summed E-state index contributed by atoms with van der Waals surface area (Å²) in [4.78, 5) is 10.7. The second kappa shape index (κ2) is 6.89. The van der Waals surface area contributed by atoms with Crippen LogP contribution in [0.25, 0.3) is 5.69 Å². The number of carboxylic acids is 1. The summed E-state index contributed by atoms with van der Waals surface area (Å²) in [5, 5.41) is 13.1. The number of benzene rings is 2. The number of hydrogen-bond acceptors (Lipinski definition) is 4. The zero-order chi connectivity index (χ0) is 18.9. The van der Waals surface area contributed by atoms with Gasteiger partial charge in [0.25, 0.3) is 10.0 Å². The standard InChI is InChI=1S/C16H11BrFN3O4S/c17-10-8-19-21(9-10)15-4-2-1-3-14(15)20-26(24,25)11-5-6-13(18)12(7-11)16(22)23/h1-9,20H,(H,22,23). The Balaban J connectivity index is 2.02. The fraction of sp³-hybridized carbons (Fsp3) is 0. The van der Waals surface area contributed by atoms with E-state index in [1.54, 1.807) is 30.6 Å². The van der Waals surface area contributed by atoms with Crippen molar-refractivity contribution in [3.8, 4) is 5.69 Å². The number of para-hydroxylation sites is 2. The van der Waals surface area contributed by atoms with Gasteiger partial charge >= 0.3 is 5.97 Å². The van der Waals surface area contributed by atoms with E-state index in [4.69, 9.17) is 5.11 Å². The summed E-state index contributed by atoms with van der Waals surface area (Å²) < 4.78 is 43.3. The minimum atomic E-state index is -4.14. The van der Waals surface area contributed by atoms with Crippen LogP contribution in [0.5, 0.6) is 0 Å². The number of rotatable bonds is 5. The molecule has 0 amide bonds. The van der Waals surface area contributed by atoms with Crippen molar-refractivity contribution in [2.24, 2.45) is 0 Å². The molecule has 0 aliphatic rings. The Bertz CT molecular complexity index is 1100. The summed E-state index contributed by atoms with van der Waals surface area (Å²) in [6.07, 6.45) is 3.19. The monoisotopic (exact) mass is 439 g/mol. The lowest BCUT2D eigenvalue weighted by molar-refractivity contribution is 0.0691. The molecule has 26 heavy (non-hydrogen) atoms. The van der Waals surface area contributed by atoms with Gasteiger partial charge in [-0.2, -0.15) is 5.10 Å². The number of anilines is 1. The third kappa shape index (κ3) is 3.60. The summed E-state index contributed by atoms with van der Waals surface area (Å²) in [5.74, 6) is -2.57. The first-order valence-electron chi connectivity index (χ1n) is 7.13. The van der Waals surface area contributed by atoms with Gasteiger partial charge in [0.2, 0.25) is 0 Å². The van der Waals surface area contributed by atoms with Gasteiger partial charge in [-0.25, -0.2) is 22.3 Å². The zero-order valence-corrected chi connectivity index (χ0v) is 15.3. The zero-order valence-electron chi connectivity index (χ0n) is 12.9. The van der Waals surface area contributed by atoms with Crippen molar-refractivity contribution < 1.29 is 22.7 Å². The van der Waals surface area contributed by atoms with Crippen LogP contribution in [0.4, 0.5) is 10.1 Å². The van der Waals surface area contributed by atoms with E-state index in [0.717, 1.165) is 18.2 Å². The predicted molar refractivity (Wildman–Crippen MR) is 95.4 cm³/mol. The maximum Gasteiger partial charge on any atom is 0.338 e. The van der Waals surface area contributed by atoms with E-state index in [1.807, 2.05) is 0 Å². The third-order valence-corrected chi connectivity index (χ3v) is 5.20. The van der Waals surface area contributed by atoms with Crippen molar-refractivity contribution >= 4 is 37.6 Å². The SMILES string of the molecule is O=C(O)c1cc(S(=O)(=O)Nc2ccccc2-n2cc(Br)cn2)ccc1F. The Labute approximate surface area is 156 Å². The summed E-state index contributed by atoms with van der Waals surface area (Å²) in [5.41, 5.74) is -0.0381. The number of aromatic nitrogens is 2. The van der Waals surface area contributed by atoms with Gasteiger partial charge in [0, 0.05) is 6.20 Å². The molecule has 0 radical (unpaired) electrons. The number of aromatic carboxylic acids is 1. The molecule has 10 heteroatoms. The molecule has 3 aromatic rings. The topological polar surface area (TPSA) is 101 Å². The van der Waals surface area contributed by atoms with E-state index in [9.17, 15) is 17.6 Å². The molecule has 7 nitrogen and oxygen atoms in total. The molecule has 0 bridgehead atoms. The number of carboxylic acid groups (broad SMARTS) is 1. The van der Waals surface area contributed by atoms with E-state index in [1.165, 1.54) is 10.7 Å². The van der Waals surface area contributed by atoms with Gasteiger partial charge < -0.3 is 5.11 Å². The Morgan fingerprint density at radius 3 is 2.62 bits per heavy atom. The molecule has 0 aliphatic carbocycles. The van der Waals surface area contributed by atoms with Crippen molar-refractivity contribution in [1.82, 2.24) is 9.78 Å². The second-order valence-corrected chi connectivity index (χ2v) is 7.77. The normalized spacial score (nSPS) is 11.3. The van der Waals surface area contributed by atoms with Crippen LogP contribution >= 0.6 is 15.9 Å². The number of carbonyl (C=O) groups is 1. The van der Waals surface area contributed by atoms with E-state index < -0.39 is 27.4 Å². The lowest BCUT2D eigenvalue weighted by Crippen LogP contribution is -2.16. The highest BCUT2D eigenvalue weighted by Crippen LogP contribution is 2.25. The fourth-order valence-electron chi connectivity index (χ4n) is 2.23. The van der Waals surface area contributed by atoms with E-state index in [0.29, 0.717) is 10.2 Å². The van der Waals surface area contributed by atoms with Gasteiger partial charge in [0.15, 0.2) is 0 Å². The van der Waals surface area contributed by atoms with Gasteiger partial charge in [-0.05, 0) is 46.3 Å². The molecule has 1 aromatic heterocycles. The molecule has 0 spiro atoms. The molecular weight excluding hydrogens is 429 g/mol. The maximum atomic E-state index is 13.5. The highest BCUT2D eigenvalue weighted by molar-refractivity contribution is 9.10. The number of hydrogen-bond donors (Lipinski definition) is 2. The summed E-state index contributed by atoms with van der Waals surface area (Å²) in [7, 11) is -4.14. The van der Waals surface area contributed by atoms with Crippen molar-refractivity contribution in [3.63, 3.8) is 0 Å². The number of nitrogens with zero attached hydrogens (tertiary/aromatic N) is 2. The second-order valence-electron chi connectivity index (χ2n) is 5.17. The van der Waals surface area contributed by atoms with Gasteiger partial charge in [-0.1, -0.05) is 12.1 Å². The summed E-state index contributed by atoms with van der Waals surface area (Å²) in [6, 6.07) is 9.10. The number of halogens is 2. The molecule has 134 valence electrons. The maximum absolute atomic E-state index is 13.5. The lowest BCUT2D eigenvalue weighted by atomic mass is 10.2. The Morgan fingerprint density at radius 2 is 1.96 bits per heavy atom. The van der Waals surface area contributed by atoms with Crippen LogP contribution in [0.3, 0.4) is 0 Å². The van der Waals surface area contributed by atoms with Gasteiger partial charge in [-0.3, -0.25) is 4.72 Å². The molecule has 2 N–H and O–H groups in total. The minimum Gasteiger partial charge on any atom is -0.478 e. The highest BCUT2D eigenvalue weighted by Gasteiger charge is 2.20. The molecule has 0 unspecified atom stereocenters. The van der Waals surface area contributed by atoms with Crippen molar-refractivity contribution in [2.45, 2.75) is 4.90 Å². The molecule has 3 rings (SSSR count). The van der Waals surface area contributed by atoms with Gasteiger partial charge in [0.1, 0.15) is 5.82 Å². The largest absolute Gasteiger partial charge is 0.478 e. The molecule has 0 aliphatic heterocycles. The molecule has 0 saturated carbocycles. The molecule has 2 aromatic carbocycles. The number of sulfonamides is 1. The van der Waals surface area contributed by atoms with Gasteiger partial charge in [0.05, 0.1) is 32.5 Å². The van der Waals surface area contributed by atoms with Crippen molar-refractivity contribution in [2.75, 3.05) is 4.72 Å². The van der Waals surface area contributed by atoms with Gasteiger partial charge in [-0.15, -0.1) is 0 Å². The van der Waals surface area contributed by atoms with Crippen LogP contribution in [0.1, 0.15) is 10.4 Å². The molecule has 1 heterocycles. The summed E-state index contributed by atoms with van der Waals surface area (Å²) in [6.45, 7) is 0. The minimum absolute atomic E-state index is 0.226. The third-order valence-electron chi connectivity index (χ3n) is 3.42. The highest BCUT2D eigenvalue weighted by atomic mass is 79.9. The average Bonchev–Trinajstić information content (AvgIpc) is 3.01. The Morgan fingerprint density at radius 1 is 1.23 bits per heavy atom. The lowest BCUT2D eigenvalue weighted by Gasteiger charge is -2.13. The molecular formula is C16H11BrFN3O4S. The first-order valence-corrected chi connectivity index (χ1v) is 9.41. The van der Waals surface area contributed by atoms with Crippen LogP contribution in [-0.2, 0) is 10.0 Å². The first kappa shape index (κ1) is 18.1. The van der Waals surface area contributed by atoms with Crippen LogP contribution < -0.4 is 4.72 Å².